The summed E-state index contributed by atoms with van der Waals surface area (Å²) in [6, 6.07) is 17.0. The van der Waals surface area contributed by atoms with Gasteiger partial charge in [-0.15, -0.1) is 0 Å². The number of aromatic hydroxyl groups is 4. The monoisotopic (exact) mass is 1360 g/mol. The number of halogens is 12. The summed E-state index contributed by atoms with van der Waals surface area (Å²) in [5, 5.41) is 54.1. The zero-order valence-electron chi connectivity index (χ0n) is 54.2. The molecule has 0 aromatic heterocycles. The fourth-order valence-electron chi connectivity index (χ4n) is 13.4. The molecule has 1 aliphatic rings. The maximum Gasteiger partial charge on any atom is 0.411 e. The number of nitrogens with one attached hydrogen (secondary N) is 4. The van der Waals surface area contributed by atoms with Crippen LogP contribution in [0.2, 0.25) is 0 Å². The molecule has 0 aliphatic heterocycles. The number of hydrogen-bond acceptors (Lipinski definition) is 9. The summed E-state index contributed by atoms with van der Waals surface area (Å²) in [4.78, 5) is 54.6. The molecular weight excluding hydrogens is 1280 g/mol. The molecule has 1 unspecified atom stereocenters. The Hall–Kier alpha value is -8.64. The van der Waals surface area contributed by atoms with E-state index < -0.39 is 144 Å². The number of benzene rings is 6. The Morgan fingerprint density at radius 1 is 0.458 bits per heavy atom. The Balaban J connectivity index is 1.12. The average molecular weight is 1360 g/mol. The molecule has 0 bridgehead atoms. The highest BCUT2D eigenvalue weighted by Crippen LogP contribution is 2.60. The second kappa shape index (κ2) is 28.2. The van der Waals surface area contributed by atoms with Crippen molar-refractivity contribution in [1.82, 2.24) is 10.6 Å². The molecule has 520 valence electrons. The molecule has 13 nitrogen and oxygen atoms in total. The summed E-state index contributed by atoms with van der Waals surface area (Å²) < 4.78 is 193. The lowest BCUT2D eigenvalue weighted by Crippen LogP contribution is -2.61. The molecule has 1 saturated carbocycles. The Morgan fingerprint density at radius 3 is 1.25 bits per heavy atom. The Kier molecular flexibility index (Phi) is 22.0. The normalized spacial score (nSPS) is 15.7. The van der Waals surface area contributed by atoms with Crippen LogP contribution in [-0.4, -0.2) is 79.8 Å². The summed E-state index contributed by atoms with van der Waals surface area (Å²) in [7, 11) is 0. The third kappa shape index (κ3) is 14.1. The van der Waals surface area contributed by atoms with Crippen LogP contribution in [0, 0.1) is 11.8 Å². The van der Waals surface area contributed by atoms with Gasteiger partial charge in [-0.25, -0.2) is 0 Å². The van der Waals surface area contributed by atoms with Gasteiger partial charge in [-0.05, 0) is 203 Å². The molecule has 6 aromatic carbocycles. The number of ether oxygens (including phenoxy) is 1. The average Bonchev–Trinajstić information content (AvgIpc) is 0.716. The van der Waals surface area contributed by atoms with Crippen LogP contribution in [0.25, 0.3) is 0 Å². The van der Waals surface area contributed by atoms with Crippen molar-refractivity contribution in [2.24, 2.45) is 11.8 Å². The summed E-state index contributed by atoms with van der Waals surface area (Å²) >= 11 is 0. The van der Waals surface area contributed by atoms with Gasteiger partial charge in [-0.3, -0.25) is 19.2 Å². The first-order chi connectivity index (χ1) is 44.7. The summed E-state index contributed by atoms with van der Waals surface area (Å²) in [5.74, 6) is -7.39. The summed E-state index contributed by atoms with van der Waals surface area (Å²) in [6.45, 7) is 15.3. The van der Waals surface area contributed by atoms with Gasteiger partial charge >= 0.3 is 24.7 Å². The van der Waals surface area contributed by atoms with Crippen molar-refractivity contribution < 1.29 is 97.0 Å². The molecule has 1 atom stereocenters. The number of carbonyl (C=O) groups excluding carboxylic acids is 4. The SMILES string of the molecule is CCC(C)c1cc(C(c2ccc(O)c(NC(=O)c3ccc(Oc4ccc(C(=O)NC(CC)(CC)C(CC)(CC)c5cc(C(c6ccc(O)c(NC(=O)C7CCC(C(=O)NC(C)(C)CC)CC7)c6)(C(F)(F)F)C(F)(F)F)ccc5O)cc4)cc3)c2)(C(F)(F)F)C(F)(F)F)ccc1O. The summed E-state index contributed by atoms with van der Waals surface area (Å²) in [5.41, 5.74) is -20.8. The minimum atomic E-state index is -6.17. The predicted molar refractivity (Wildman–Crippen MR) is 337 cm³/mol. The molecule has 6 aromatic rings. The number of hydrogen-bond donors (Lipinski definition) is 8. The van der Waals surface area contributed by atoms with Crippen LogP contribution in [0.1, 0.15) is 187 Å². The topological polar surface area (TPSA) is 207 Å². The van der Waals surface area contributed by atoms with Gasteiger partial charge in [0.2, 0.25) is 22.6 Å². The lowest BCUT2D eigenvalue weighted by atomic mass is 9.58. The van der Waals surface area contributed by atoms with Crippen molar-refractivity contribution in [2.45, 2.75) is 184 Å². The van der Waals surface area contributed by atoms with E-state index in [0.717, 1.165) is 12.1 Å². The first-order valence-electron chi connectivity index (χ1n) is 31.5. The van der Waals surface area contributed by atoms with Crippen molar-refractivity contribution in [3.05, 3.63) is 166 Å². The van der Waals surface area contributed by atoms with Crippen molar-refractivity contribution in [3.8, 4) is 34.5 Å². The van der Waals surface area contributed by atoms with Gasteiger partial charge in [0.25, 0.3) is 11.8 Å². The highest BCUT2D eigenvalue weighted by molar-refractivity contribution is 6.05. The maximum atomic E-state index is 16.0. The fourth-order valence-corrected chi connectivity index (χ4v) is 13.4. The minimum Gasteiger partial charge on any atom is -0.508 e. The lowest BCUT2D eigenvalue weighted by molar-refractivity contribution is -0.290. The van der Waals surface area contributed by atoms with E-state index in [1.807, 2.05) is 20.8 Å². The van der Waals surface area contributed by atoms with Crippen LogP contribution < -0.4 is 26.0 Å². The number of phenols is 4. The van der Waals surface area contributed by atoms with Crippen LogP contribution in [0.3, 0.4) is 0 Å². The highest BCUT2D eigenvalue weighted by atomic mass is 19.4. The Morgan fingerprint density at radius 2 is 0.844 bits per heavy atom. The van der Waals surface area contributed by atoms with Crippen LogP contribution >= 0.6 is 0 Å². The Bertz CT molecular complexity index is 3750. The smallest absolute Gasteiger partial charge is 0.411 e. The van der Waals surface area contributed by atoms with E-state index in [1.165, 1.54) is 55.5 Å². The van der Waals surface area contributed by atoms with Gasteiger partial charge < -0.3 is 46.4 Å². The van der Waals surface area contributed by atoms with Gasteiger partial charge in [-0.2, -0.15) is 52.7 Å². The number of anilines is 2. The van der Waals surface area contributed by atoms with Crippen LogP contribution in [0.15, 0.2) is 121 Å². The third-order valence-electron chi connectivity index (χ3n) is 19.6. The number of alkyl halides is 12. The second-order valence-corrected chi connectivity index (χ2v) is 25.2. The van der Waals surface area contributed by atoms with Gasteiger partial charge in [-0.1, -0.05) is 78.8 Å². The molecule has 8 N–H and O–H groups in total. The maximum absolute atomic E-state index is 16.0. The number of phenolic OH excluding ortho intramolecular Hbond substituents is 4. The van der Waals surface area contributed by atoms with E-state index in [9.17, 15) is 39.6 Å². The van der Waals surface area contributed by atoms with Crippen LogP contribution in [-0.2, 0) is 25.8 Å². The number of carbonyl (C=O) groups is 4. The van der Waals surface area contributed by atoms with E-state index in [-0.39, 0.29) is 97.4 Å². The van der Waals surface area contributed by atoms with Crippen LogP contribution in [0.5, 0.6) is 34.5 Å². The van der Waals surface area contributed by atoms with Gasteiger partial charge in [0.15, 0.2) is 0 Å². The first kappa shape index (κ1) is 74.8. The number of amides is 4. The van der Waals surface area contributed by atoms with E-state index in [4.69, 9.17) is 4.74 Å². The van der Waals surface area contributed by atoms with Crippen molar-refractivity contribution in [2.75, 3.05) is 10.6 Å². The Labute approximate surface area is 548 Å². The molecule has 0 saturated heterocycles. The standard InChI is InChI=1S/C71H78F12N4O9/c1-10-40(7)51-36-45(24-32-55(51)88)66(68(72,73)74,69(75,76)77)47-26-34-57(90)53(38-47)85-60(93)42-20-28-49(29-21-42)96-50-30-22-44(23-31-50)62(95)87-65(14-5,15-6)64(12-3,13-4)52-37-46(25-33-56(52)89)67(70(78,79)80,71(81,82)83)48-27-35-58(91)54(39-48)84-59(92)41-16-18-43(19-17-41)61(94)86-63(8,9)11-2/h20-41,43,88-91H,10-19H2,1-9H3,(H,84,92)(H,85,93)(H,86,94)(H,87,95). The lowest BCUT2D eigenvalue weighted by Gasteiger charge is -2.51. The molecule has 0 radical (unpaired) electrons. The van der Waals surface area contributed by atoms with E-state index in [2.05, 4.69) is 21.3 Å². The van der Waals surface area contributed by atoms with Crippen molar-refractivity contribution in [3.63, 3.8) is 0 Å². The zero-order chi connectivity index (χ0) is 71.5. The third-order valence-corrected chi connectivity index (χ3v) is 19.6. The highest BCUT2D eigenvalue weighted by Gasteiger charge is 2.74. The molecule has 96 heavy (non-hydrogen) atoms. The molecule has 1 aliphatic carbocycles. The van der Waals surface area contributed by atoms with E-state index >= 15 is 52.7 Å². The molecule has 25 heteroatoms. The van der Waals surface area contributed by atoms with Gasteiger partial charge in [0.1, 0.15) is 34.5 Å². The van der Waals surface area contributed by atoms with Gasteiger partial charge in [0, 0.05) is 45.0 Å². The molecular formula is C71H78F12N4O9. The van der Waals surface area contributed by atoms with Crippen molar-refractivity contribution >= 4 is 35.0 Å². The molecule has 4 amide bonds. The molecule has 0 heterocycles. The molecule has 1 fully saturated rings. The summed E-state index contributed by atoms with van der Waals surface area (Å²) in [6.07, 6.45) is -22.7. The molecule has 0 spiro atoms. The predicted octanol–water partition coefficient (Wildman–Crippen LogP) is 18.0. The minimum absolute atomic E-state index is 0.00339. The van der Waals surface area contributed by atoms with E-state index in [1.54, 1.807) is 34.6 Å². The largest absolute Gasteiger partial charge is 0.508 e. The van der Waals surface area contributed by atoms with Gasteiger partial charge in [0.05, 0.1) is 11.4 Å². The van der Waals surface area contributed by atoms with Crippen LogP contribution in [0.4, 0.5) is 64.1 Å². The van der Waals surface area contributed by atoms with E-state index in [0.29, 0.717) is 67.1 Å². The first-order valence-corrected chi connectivity index (χ1v) is 31.5. The quantitative estimate of drug-likeness (QED) is 0.0227. The fraction of sp³-hybridized carbons (Fsp3) is 0.437. The van der Waals surface area contributed by atoms with Crippen molar-refractivity contribution in [1.29, 1.82) is 0 Å². The molecule has 7 rings (SSSR count). The second-order valence-electron chi connectivity index (χ2n) is 25.2. The zero-order valence-corrected chi connectivity index (χ0v) is 54.2. The number of rotatable bonds is 23.